The van der Waals surface area contributed by atoms with Gasteiger partial charge in [-0.1, -0.05) is 6.92 Å². The highest BCUT2D eigenvalue weighted by Gasteiger charge is 2.34. The van der Waals surface area contributed by atoms with Crippen molar-refractivity contribution in [2.45, 2.75) is 25.6 Å². The van der Waals surface area contributed by atoms with Gasteiger partial charge in [0.1, 0.15) is 11.6 Å². The first-order valence-corrected chi connectivity index (χ1v) is 5.02. The van der Waals surface area contributed by atoms with Crippen LogP contribution in [0.1, 0.15) is 18.9 Å². The van der Waals surface area contributed by atoms with Crippen LogP contribution in [0.15, 0.2) is 18.2 Å². The zero-order valence-corrected chi connectivity index (χ0v) is 9.29. The SMILES string of the molecule is CCC(Oc1ccc(F)c(C(F)(F)F)c1)C(=O)O. The van der Waals surface area contributed by atoms with Crippen molar-refractivity contribution in [3.8, 4) is 5.75 Å². The molecule has 0 heterocycles. The summed E-state index contributed by atoms with van der Waals surface area (Å²) >= 11 is 0. The van der Waals surface area contributed by atoms with E-state index in [1.807, 2.05) is 0 Å². The van der Waals surface area contributed by atoms with Crippen molar-refractivity contribution in [2.75, 3.05) is 0 Å². The minimum absolute atomic E-state index is 0.0774. The lowest BCUT2D eigenvalue weighted by atomic mass is 10.2. The molecule has 7 heteroatoms. The summed E-state index contributed by atoms with van der Waals surface area (Å²) in [5, 5.41) is 8.70. The van der Waals surface area contributed by atoms with Crippen molar-refractivity contribution in [1.29, 1.82) is 0 Å². The quantitative estimate of drug-likeness (QED) is 0.852. The second kappa shape index (κ2) is 5.24. The van der Waals surface area contributed by atoms with Crippen molar-refractivity contribution in [2.24, 2.45) is 0 Å². The largest absolute Gasteiger partial charge is 0.479 e. The molecule has 0 bridgehead atoms. The topological polar surface area (TPSA) is 46.5 Å². The summed E-state index contributed by atoms with van der Waals surface area (Å²) in [6.07, 6.45) is -6.04. The van der Waals surface area contributed by atoms with Gasteiger partial charge in [0.15, 0.2) is 6.10 Å². The maximum atomic E-state index is 13.0. The molecule has 1 unspecified atom stereocenters. The first-order valence-electron chi connectivity index (χ1n) is 5.02. The molecule has 0 saturated heterocycles. The fourth-order valence-electron chi connectivity index (χ4n) is 1.27. The Hall–Kier alpha value is -1.79. The minimum atomic E-state index is -4.85. The third-order valence-corrected chi connectivity index (χ3v) is 2.17. The molecule has 0 radical (unpaired) electrons. The van der Waals surface area contributed by atoms with E-state index in [1.54, 1.807) is 0 Å². The normalized spacial score (nSPS) is 13.2. The smallest absolute Gasteiger partial charge is 0.419 e. The van der Waals surface area contributed by atoms with E-state index in [1.165, 1.54) is 6.92 Å². The number of hydrogen-bond donors (Lipinski definition) is 1. The van der Waals surface area contributed by atoms with Crippen LogP contribution in [0.2, 0.25) is 0 Å². The van der Waals surface area contributed by atoms with Gasteiger partial charge in [-0.05, 0) is 24.6 Å². The maximum Gasteiger partial charge on any atom is 0.419 e. The van der Waals surface area contributed by atoms with Crippen molar-refractivity contribution in [3.63, 3.8) is 0 Å². The molecular formula is C11H10F4O3. The average molecular weight is 266 g/mol. The molecule has 1 aromatic carbocycles. The molecule has 0 amide bonds. The highest BCUT2D eigenvalue weighted by atomic mass is 19.4. The van der Waals surface area contributed by atoms with E-state index >= 15 is 0 Å². The predicted octanol–water partition coefficient (Wildman–Crippen LogP) is 3.09. The minimum Gasteiger partial charge on any atom is -0.479 e. The van der Waals surface area contributed by atoms with Gasteiger partial charge in [-0.25, -0.2) is 9.18 Å². The zero-order chi connectivity index (χ0) is 13.9. The molecule has 3 nitrogen and oxygen atoms in total. The number of benzene rings is 1. The summed E-state index contributed by atoms with van der Waals surface area (Å²) in [5.41, 5.74) is -1.49. The van der Waals surface area contributed by atoms with Gasteiger partial charge in [-0.15, -0.1) is 0 Å². The Labute approximate surface area is 100.0 Å². The molecule has 0 aliphatic heterocycles. The van der Waals surface area contributed by atoms with E-state index in [0.29, 0.717) is 12.1 Å². The van der Waals surface area contributed by atoms with Crippen LogP contribution < -0.4 is 4.74 Å². The number of carboxylic acids is 1. The number of aliphatic carboxylic acids is 1. The Balaban J connectivity index is 3.02. The molecule has 0 spiro atoms. The van der Waals surface area contributed by atoms with Crippen LogP contribution in [0.25, 0.3) is 0 Å². The number of carboxylic acid groups (broad SMARTS) is 1. The van der Waals surface area contributed by atoms with E-state index in [2.05, 4.69) is 0 Å². The van der Waals surface area contributed by atoms with Crippen LogP contribution in [0.3, 0.4) is 0 Å². The van der Waals surface area contributed by atoms with Crippen molar-refractivity contribution >= 4 is 5.97 Å². The van der Waals surface area contributed by atoms with E-state index in [0.717, 1.165) is 6.07 Å². The van der Waals surface area contributed by atoms with E-state index in [4.69, 9.17) is 9.84 Å². The Morgan fingerprint density at radius 1 is 1.44 bits per heavy atom. The number of halogens is 4. The average Bonchev–Trinajstić information content (AvgIpc) is 2.25. The van der Waals surface area contributed by atoms with E-state index in [-0.39, 0.29) is 12.2 Å². The third-order valence-electron chi connectivity index (χ3n) is 2.17. The Kier molecular flexibility index (Phi) is 4.15. The predicted molar refractivity (Wildman–Crippen MR) is 53.7 cm³/mol. The van der Waals surface area contributed by atoms with Gasteiger partial charge >= 0.3 is 12.1 Å². The van der Waals surface area contributed by atoms with Crippen molar-refractivity contribution in [1.82, 2.24) is 0 Å². The van der Waals surface area contributed by atoms with Gasteiger partial charge in [0.2, 0.25) is 0 Å². The van der Waals surface area contributed by atoms with Gasteiger partial charge in [-0.3, -0.25) is 0 Å². The Morgan fingerprint density at radius 2 is 2.06 bits per heavy atom. The van der Waals surface area contributed by atoms with Gasteiger partial charge in [-0.2, -0.15) is 13.2 Å². The molecule has 1 aromatic rings. The number of rotatable bonds is 4. The lowest BCUT2D eigenvalue weighted by Gasteiger charge is -2.15. The second-order valence-electron chi connectivity index (χ2n) is 3.49. The molecule has 100 valence electrons. The van der Waals surface area contributed by atoms with E-state index in [9.17, 15) is 22.4 Å². The van der Waals surface area contributed by atoms with E-state index < -0.39 is 29.6 Å². The molecule has 1 atom stereocenters. The second-order valence-corrected chi connectivity index (χ2v) is 3.49. The summed E-state index contributed by atoms with van der Waals surface area (Å²) in [6.45, 7) is 1.51. The van der Waals surface area contributed by atoms with Crippen LogP contribution in [-0.4, -0.2) is 17.2 Å². The molecule has 1 rings (SSSR count). The molecule has 1 N–H and O–H groups in total. The zero-order valence-electron chi connectivity index (χ0n) is 9.29. The fraction of sp³-hybridized carbons (Fsp3) is 0.364. The van der Waals surface area contributed by atoms with Gasteiger partial charge in [0.25, 0.3) is 0 Å². The van der Waals surface area contributed by atoms with Crippen LogP contribution in [0, 0.1) is 5.82 Å². The van der Waals surface area contributed by atoms with Crippen LogP contribution in [-0.2, 0) is 11.0 Å². The summed E-state index contributed by atoms with van der Waals surface area (Å²) in [4.78, 5) is 10.7. The highest BCUT2D eigenvalue weighted by molar-refractivity contribution is 5.72. The van der Waals surface area contributed by atoms with Gasteiger partial charge in [0.05, 0.1) is 5.56 Å². The van der Waals surface area contributed by atoms with Gasteiger partial charge in [0, 0.05) is 0 Å². The van der Waals surface area contributed by atoms with Crippen LogP contribution in [0.5, 0.6) is 5.75 Å². The molecule has 0 aliphatic carbocycles. The molecular weight excluding hydrogens is 256 g/mol. The fourth-order valence-corrected chi connectivity index (χ4v) is 1.27. The van der Waals surface area contributed by atoms with Gasteiger partial charge < -0.3 is 9.84 Å². The summed E-state index contributed by atoms with van der Waals surface area (Å²) in [5.74, 6) is -3.06. The lowest BCUT2D eigenvalue weighted by molar-refractivity contribution is -0.145. The summed E-state index contributed by atoms with van der Waals surface area (Å²) in [7, 11) is 0. The maximum absolute atomic E-state index is 13.0. The molecule has 18 heavy (non-hydrogen) atoms. The first kappa shape index (κ1) is 14.3. The standard InChI is InChI=1S/C11H10F4O3/c1-2-9(10(16)17)18-6-3-4-8(12)7(5-6)11(13,14)15/h3-5,9H,2H2,1H3,(H,16,17). The molecule has 0 fully saturated rings. The third kappa shape index (κ3) is 3.35. The monoisotopic (exact) mass is 266 g/mol. The van der Waals surface area contributed by atoms with Crippen molar-refractivity contribution in [3.05, 3.63) is 29.6 Å². The highest BCUT2D eigenvalue weighted by Crippen LogP contribution is 2.33. The van der Waals surface area contributed by atoms with Crippen LogP contribution in [0.4, 0.5) is 17.6 Å². The molecule has 0 aromatic heterocycles. The Bertz CT molecular complexity index is 442. The summed E-state index contributed by atoms with van der Waals surface area (Å²) < 4.78 is 55.0. The number of carbonyl (C=O) groups is 1. The first-order chi connectivity index (χ1) is 8.25. The molecule has 0 saturated carbocycles. The number of ether oxygens (including phenoxy) is 1. The Morgan fingerprint density at radius 3 is 2.50 bits per heavy atom. The molecule has 0 aliphatic rings. The van der Waals surface area contributed by atoms with Crippen LogP contribution >= 0.6 is 0 Å². The number of hydrogen-bond acceptors (Lipinski definition) is 2. The summed E-state index contributed by atoms with van der Waals surface area (Å²) in [6, 6.07) is 1.99. The van der Waals surface area contributed by atoms with Crippen molar-refractivity contribution < 1.29 is 32.2 Å². The number of alkyl halides is 3. The lowest BCUT2D eigenvalue weighted by Crippen LogP contribution is -2.26.